The maximum atomic E-state index is 11.5. The summed E-state index contributed by atoms with van der Waals surface area (Å²) >= 11 is 0. The Kier molecular flexibility index (Phi) is 3.04. The van der Waals surface area contributed by atoms with Crippen molar-refractivity contribution in [2.24, 2.45) is 0 Å². The van der Waals surface area contributed by atoms with E-state index >= 15 is 0 Å². The van der Waals surface area contributed by atoms with Crippen molar-refractivity contribution in [3.63, 3.8) is 0 Å². The minimum Gasteiger partial charge on any atom is -0.375 e. The van der Waals surface area contributed by atoms with Crippen LogP contribution >= 0.6 is 0 Å². The molecule has 0 bridgehead atoms. The predicted octanol–water partition coefficient (Wildman–Crippen LogP) is 1.78. The van der Waals surface area contributed by atoms with Crippen LogP contribution in [0, 0.1) is 0 Å². The van der Waals surface area contributed by atoms with Gasteiger partial charge in [0.25, 0.3) is 0 Å². The average molecular weight is 240 g/mol. The molecule has 0 N–H and O–H groups in total. The van der Waals surface area contributed by atoms with Gasteiger partial charge in [-0.3, -0.25) is 0 Å². The minimum atomic E-state index is -2.97. The molecule has 2 rings (SSSR count). The summed E-state index contributed by atoms with van der Waals surface area (Å²) in [5.74, 6) is 0. The SMILES string of the molecule is CS(=O)(=O)C1(COCc2ccccc2)CC1. The van der Waals surface area contributed by atoms with Gasteiger partial charge in [0.15, 0.2) is 9.84 Å². The van der Waals surface area contributed by atoms with Crippen LogP contribution in [0.3, 0.4) is 0 Å². The van der Waals surface area contributed by atoms with Crippen molar-refractivity contribution in [2.75, 3.05) is 12.9 Å². The van der Waals surface area contributed by atoms with Crippen LogP contribution in [0.25, 0.3) is 0 Å². The number of benzene rings is 1. The number of hydrogen-bond donors (Lipinski definition) is 0. The largest absolute Gasteiger partial charge is 0.375 e. The Balaban J connectivity index is 1.86. The summed E-state index contributed by atoms with van der Waals surface area (Å²) in [6.45, 7) is 0.804. The molecule has 0 radical (unpaired) electrons. The molecule has 1 aliphatic carbocycles. The number of hydrogen-bond acceptors (Lipinski definition) is 3. The van der Waals surface area contributed by atoms with Gasteiger partial charge in [0, 0.05) is 6.26 Å². The first kappa shape index (κ1) is 11.6. The Morgan fingerprint density at radius 3 is 2.38 bits per heavy atom. The first-order valence-corrected chi connectivity index (χ1v) is 7.24. The van der Waals surface area contributed by atoms with E-state index in [1.54, 1.807) is 0 Å². The monoisotopic (exact) mass is 240 g/mol. The third-order valence-corrected chi connectivity index (χ3v) is 5.17. The number of sulfone groups is 1. The maximum absolute atomic E-state index is 11.5. The van der Waals surface area contributed by atoms with Gasteiger partial charge in [-0.2, -0.15) is 0 Å². The normalized spacial score (nSPS) is 18.3. The quantitative estimate of drug-likeness (QED) is 0.788. The molecule has 0 spiro atoms. The fourth-order valence-corrected chi connectivity index (χ4v) is 2.83. The highest BCUT2D eigenvalue weighted by Crippen LogP contribution is 2.43. The Morgan fingerprint density at radius 2 is 1.88 bits per heavy atom. The predicted molar refractivity (Wildman–Crippen MR) is 62.9 cm³/mol. The molecule has 16 heavy (non-hydrogen) atoms. The Bertz CT molecular complexity index is 446. The molecule has 0 aromatic heterocycles. The highest BCUT2D eigenvalue weighted by atomic mass is 32.2. The lowest BCUT2D eigenvalue weighted by molar-refractivity contribution is 0.116. The highest BCUT2D eigenvalue weighted by Gasteiger charge is 2.52. The van der Waals surface area contributed by atoms with Gasteiger partial charge in [-0.1, -0.05) is 30.3 Å². The van der Waals surface area contributed by atoms with Crippen LogP contribution in [-0.4, -0.2) is 26.0 Å². The average Bonchev–Trinajstić information content (AvgIpc) is 3.00. The van der Waals surface area contributed by atoms with E-state index in [-0.39, 0.29) is 0 Å². The summed E-state index contributed by atoms with van der Waals surface area (Å²) in [6, 6.07) is 9.78. The molecule has 0 saturated heterocycles. The van der Waals surface area contributed by atoms with E-state index in [1.807, 2.05) is 30.3 Å². The zero-order chi connectivity index (χ0) is 11.6. The van der Waals surface area contributed by atoms with E-state index in [2.05, 4.69) is 0 Å². The van der Waals surface area contributed by atoms with E-state index in [0.717, 1.165) is 18.4 Å². The fourth-order valence-electron chi connectivity index (χ4n) is 1.69. The van der Waals surface area contributed by atoms with Crippen LogP contribution in [0.2, 0.25) is 0 Å². The Labute approximate surface area is 96.4 Å². The number of rotatable bonds is 5. The second kappa shape index (κ2) is 4.18. The van der Waals surface area contributed by atoms with Crippen molar-refractivity contribution in [1.82, 2.24) is 0 Å². The van der Waals surface area contributed by atoms with Crippen molar-refractivity contribution in [3.8, 4) is 0 Å². The van der Waals surface area contributed by atoms with Crippen LogP contribution in [0.5, 0.6) is 0 Å². The van der Waals surface area contributed by atoms with E-state index in [0.29, 0.717) is 13.2 Å². The molecule has 0 heterocycles. The number of ether oxygens (including phenoxy) is 1. The van der Waals surface area contributed by atoms with Gasteiger partial charge in [-0.05, 0) is 18.4 Å². The van der Waals surface area contributed by atoms with Crippen LogP contribution in [-0.2, 0) is 21.2 Å². The van der Waals surface area contributed by atoms with Gasteiger partial charge in [0.1, 0.15) is 0 Å². The standard InChI is InChI=1S/C12H16O3S/c1-16(13,14)12(7-8-12)10-15-9-11-5-3-2-4-6-11/h2-6H,7-10H2,1H3. The van der Waals surface area contributed by atoms with Gasteiger partial charge >= 0.3 is 0 Å². The molecule has 0 aliphatic heterocycles. The first-order chi connectivity index (χ1) is 7.54. The second-order valence-corrected chi connectivity index (χ2v) is 6.84. The van der Waals surface area contributed by atoms with Gasteiger partial charge in [-0.15, -0.1) is 0 Å². The molecule has 1 fully saturated rings. The zero-order valence-electron chi connectivity index (χ0n) is 9.35. The molecule has 1 aromatic carbocycles. The lowest BCUT2D eigenvalue weighted by Gasteiger charge is -2.13. The minimum absolute atomic E-state index is 0.320. The van der Waals surface area contributed by atoms with Crippen molar-refractivity contribution in [3.05, 3.63) is 35.9 Å². The molecule has 0 unspecified atom stereocenters. The smallest absolute Gasteiger partial charge is 0.155 e. The highest BCUT2D eigenvalue weighted by molar-refractivity contribution is 7.92. The lowest BCUT2D eigenvalue weighted by atomic mass is 10.2. The van der Waals surface area contributed by atoms with Gasteiger partial charge in [-0.25, -0.2) is 8.42 Å². The first-order valence-electron chi connectivity index (χ1n) is 5.35. The maximum Gasteiger partial charge on any atom is 0.155 e. The van der Waals surface area contributed by atoms with E-state index in [9.17, 15) is 8.42 Å². The molecule has 88 valence electrons. The molecule has 0 amide bonds. The Hall–Kier alpha value is -0.870. The summed E-state index contributed by atoms with van der Waals surface area (Å²) in [5, 5.41) is 0. The van der Waals surface area contributed by atoms with Gasteiger partial charge in [0.05, 0.1) is 18.0 Å². The van der Waals surface area contributed by atoms with E-state index in [4.69, 9.17) is 4.74 Å². The summed E-state index contributed by atoms with van der Waals surface area (Å²) in [6.07, 6.45) is 2.77. The molecule has 4 heteroatoms. The van der Waals surface area contributed by atoms with Crippen LogP contribution in [0.15, 0.2) is 30.3 Å². The van der Waals surface area contributed by atoms with Gasteiger partial charge in [0.2, 0.25) is 0 Å². The molecule has 3 nitrogen and oxygen atoms in total. The van der Waals surface area contributed by atoms with Crippen molar-refractivity contribution in [2.45, 2.75) is 24.2 Å². The third-order valence-electron chi connectivity index (χ3n) is 3.07. The molecular weight excluding hydrogens is 224 g/mol. The van der Waals surface area contributed by atoms with E-state index in [1.165, 1.54) is 6.26 Å². The summed E-state index contributed by atoms with van der Waals surface area (Å²) in [5.41, 5.74) is 1.08. The van der Waals surface area contributed by atoms with Crippen molar-refractivity contribution in [1.29, 1.82) is 0 Å². The summed E-state index contributed by atoms with van der Waals surface area (Å²) in [7, 11) is -2.97. The molecule has 1 saturated carbocycles. The van der Waals surface area contributed by atoms with Crippen LogP contribution in [0.4, 0.5) is 0 Å². The fraction of sp³-hybridized carbons (Fsp3) is 0.500. The van der Waals surface area contributed by atoms with Crippen LogP contribution < -0.4 is 0 Å². The van der Waals surface area contributed by atoms with Crippen molar-refractivity contribution < 1.29 is 13.2 Å². The Morgan fingerprint density at radius 1 is 1.25 bits per heavy atom. The molecule has 1 aromatic rings. The topological polar surface area (TPSA) is 43.4 Å². The molecular formula is C12H16O3S. The summed E-state index contributed by atoms with van der Waals surface area (Å²) in [4.78, 5) is 0. The van der Waals surface area contributed by atoms with E-state index < -0.39 is 14.6 Å². The zero-order valence-corrected chi connectivity index (χ0v) is 10.2. The molecule has 0 atom stereocenters. The second-order valence-electron chi connectivity index (χ2n) is 4.43. The summed E-state index contributed by atoms with van der Waals surface area (Å²) < 4.78 is 27.9. The lowest BCUT2D eigenvalue weighted by Crippen LogP contribution is -2.27. The van der Waals surface area contributed by atoms with Crippen LogP contribution in [0.1, 0.15) is 18.4 Å². The van der Waals surface area contributed by atoms with Crippen molar-refractivity contribution >= 4 is 9.84 Å². The van der Waals surface area contributed by atoms with Gasteiger partial charge < -0.3 is 4.74 Å². The third kappa shape index (κ3) is 2.44. The molecule has 1 aliphatic rings.